The van der Waals surface area contributed by atoms with Gasteiger partial charge in [-0.25, -0.2) is 9.59 Å². The van der Waals surface area contributed by atoms with E-state index in [0.29, 0.717) is 30.6 Å². The number of aliphatic carboxylic acids is 1. The highest BCUT2D eigenvalue weighted by Crippen LogP contribution is 2.23. The van der Waals surface area contributed by atoms with Crippen molar-refractivity contribution in [3.63, 3.8) is 0 Å². The lowest BCUT2D eigenvalue weighted by Crippen LogP contribution is -2.46. The van der Waals surface area contributed by atoms with Crippen molar-refractivity contribution in [1.82, 2.24) is 5.32 Å². The van der Waals surface area contributed by atoms with E-state index in [4.69, 9.17) is 14.3 Å². The van der Waals surface area contributed by atoms with Crippen LogP contribution in [0.1, 0.15) is 39.2 Å². The molecule has 2 atom stereocenters. The first-order chi connectivity index (χ1) is 12.3. The van der Waals surface area contributed by atoms with Gasteiger partial charge in [0.15, 0.2) is 6.10 Å². The number of aryl methyl sites for hydroxylation is 1. The van der Waals surface area contributed by atoms with Crippen LogP contribution >= 0.6 is 0 Å². The number of carboxylic acid groups (broad SMARTS) is 1. The molecule has 26 heavy (non-hydrogen) atoms. The lowest BCUT2D eigenvalue weighted by Gasteiger charge is -2.18. The number of ether oxygens (including phenoxy) is 1. The molecule has 2 N–H and O–H groups in total. The number of nitrogens with one attached hydrogen (secondary N) is 1. The van der Waals surface area contributed by atoms with Gasteiger partial charge < -0.3 is 19.6 Å². The standard InChI is InChI=1S/C19H23NO6/c1-4-6-15(19(23)24)20-18(22)11(3)25-13-7-8-14-12(5-2)9-17(21)26-16(14)10-13/h7-11,15H,4-6H2,1-3H3,(H,20,22)(H,23,24)/t11-,15-/m1/s1. The van der Waals surface area contributed by atoms with Gasteiger partial charge in [-0.2, -0.15) is 0 Å². The van der Waals surface area contributed by atoms with Crippen LogP contribution in [0.2, 0.25) is 0 Å². The third-order valence-electron chi connectivity index (χ3n) is 4.06. The van der Waals surface area contributed by atoms with E-state index in [9.17, 15) is 14.4 Å². The van der Waals surface area contributed by atoms with Crippen molar-refractivity contribution in [2.75, 3.05) is 0 Å². The number of rotatable bonds is 8. The molecule has 2 rings (SSSR count). The summed E-state index contributed by atoms with van der Waals surface area (Å²) in [6.07, 6.45) is 0.770. The van der Waals surface area contributed by atoms with Crippen LogP contribution in [0.15, 0.2) is 33.5 Å². The zero-order valence-electron chi connectivity index (χ0n) is 15.1. The molecule has 0 bridgehead atoms. The Morgan fingerprint density at radius 1 is 1.27 bits per heavy atom. The normalized spacial score (nSPS) is 13.2. The van der Waals surface area contributed by atoms with E-state index in [0.717, 1.165) is 10.9 Å². The molecule has 0 aliphatic heterocycles. The fourth-order valence-electron chi connectivity index (χ4n) is 2.67. The summed E-state index contributed by atoms with van der Waals surface area (Å²) in [7, 11) is 0. The maximum Gasteiger partial charge on any atom is 0.336 e. The highest BCUT2D eigenvalue weighted by Gasteiger charge is 2.23. The molecule has 0 saturated heterocycles. The van der Waals surface area contributed by atoms with Gasteiger partial charge in [-0.15, -0.1) is 0 Å². The predicted octanol–water partition coefficient (Wildman–Crippen LogP) is 2.49. The van der Waals surface area contributed by atoms with Crippen LogP contribution in [0, 0.1) is 0 Å². The number of carbonyl (C=O) groups is 2. The van der Waals surface area contributed by atoms with Gasteiger partial charge in [0.1, 0.15) is 17.4 Å². The highest BCUT2D eigenvalue weighted by atomic mass is 16.5. The van der Waals surface area contributed by atoms with Crippen LogP contribution in [-0.4, -0.2) is 29.1 Å². The van der Waals surface area contributed by atoms with Crippen molar-refractivity contribution in [3.05, 3.63) is 40.2 Å². The fraction of sp³-hybridized carbons (Fsp3) is 0.421. The van der Waals surface area contributed by atoms with Gasteiger partial charge in [0.25, 0.3) is 5.91 Å². The molecule has 7 heteroatoms. The van der Waals surface area contributed by atoms with Crippen LogP contribution < -0.4 is 15.7 Å². The largest absolute Gasteiger partial charge is 0.481 e. The summed E-state index contributed by atoms with van der Waals surface area (Å²) in [5.41, 5.74) is 0.812. The Balaban J connectivity index is 2.15. The first-order valence-corrected chi connectivity index (χ1v) is 8.62. The lowest BCUT2D eigenvalue weighted by atomic mass is 10.1. The second kappa shape index (κ2) is 8.51. The second-order valence-corrected chi connectivity index (χ2v) is 6.05. The van der Waals surface area contributed by atoms with E-state index < -0.39 is 29.6 Å². The molecule has 0 unspecified atom stereocenters. The van der Waals surface area contributed by atoms with Crippen LogP contribution in [0.25, 0.3) is 11.0 Å². The highest BCUT2D eigenvalue weighted by molar-refractivity contribution is 5.86. The van der Waals surface area contributed by atoms with Crippen molar-refractivity contribution in [1.29, 1.82) is 0 Å². The SMILES string of the molecule is CCC[C@@H](NC(=O)[C@@H](C)Oc1ccc2c(CC)cc(=O)oc2c1)C(=O)O. The van der Waals surface area contributed by atoms with Crippen molar-refractivity contribution < 1.29 is 23.8 Å². The zero-order chi connectivity index (χ0) is 19.3. The number of amides is 1. The summed E-state index contributed by atoms with van der Waals surface area (Å²) in [6, 6.07) is 5.53. The summed E-state index contributed by atoms with van der Waals surface area (Å²) in [5.74, 6) is -1.24. The molecule has 0 fully saturated rings. The number of hydrogen-bond donors (Lipinski definition) is 2. The summed E-state index contributed by atoms with van der Waals surface area (Å²) in [5, 5.41) is 12.4. The average Bonchev–Trinajstić information content (AvgIpc) is 2.59. The maximum absolute atomic E-state index is 12.2. The molecular weight excluding hydrogens is 338 g/mol. The molecule has 7 nitrogen and oxygen atoms in total. The maximum atomic E-state index is 12.2. The Morgan fingerprint density at radius 2 is 2.00 bits per heavy atom. The second-order valence-electron chi connectivity index (χ2n) is 6.05. The molecule has 0 spiro atoms. The first kappa shape index (κ1) is 19.5. The van der Waals surface area contributed by atoms with Crippen molar-refractivity contribution in [3.8, 4) is 5.75 Å². The quantitative estimate of drug-likeness (QED) is 0.700. The van der Waals surface area contributed by atoms with Gasteiger partial charge in [-0.3, -0.25) is 4.79 Å². The lowest BCUT2D eigenvalue weighted by molar-refractivity contribution is -0.143. The number of carbonyl (C=O) groups excluding carboxylic acids is 1. The van der Waals surface area contributed by atoms with E-state index in [-0.39, 0.29) is 0 Å². The van der Waals surface area contributed by atoms with Crippen LogP contribution in [0.5, 0.6) is 5.75 Å². The molecule has 0 aliphatic carbocycles. The van der Waals surface area contributed by atoms with Crippen LogP contribution in [-0.2, 0) is 16.0 Å². The van der Waals surface area contributed by atoms with Gasteiger partial charge in [0, 0.05) is 17.5 Å². The fourth-order valence-corrected chi connectivity index (χ4v) is 2.67. The third kappa shape index (κ3) is 4.62. The van der Waals surface area contributed by atoms with Gasteiger partial charge in [-0.1, -0.05) is 20.3 Å². The molecule has 0 radical (unpaired) electrons. The summed E-state index contributed by atoms with van der Waals surface area (Å²) in [4.78, 5) is 35.0. The molecule has 140 valence electrons. The van der Waals surface area contributed by atoms with Gasteiger partial charge in [0.2, 0.25) is 0 Å². The minimum atomic E-state index is -1.08. The Morgan fingerprint density at radius 3 is 2.62 bits per heavy atom. The Labute approximate surface area is 151 Å². The Kier molecular flexibility index (Phi) is 6.38. The molecule has 1 aromatic carbocycles. The molecule has 0 saturated carbocycles. The number of hydrogen-bond acceptors (Lipinski definition) is 5. The van der Waals surface area contributed by atoms with E-state index in [1.165, 1.54) is 13.0 Å². The first-order valence-electron chi connectivity index (χ1n) is 8.62. The summed E-state index contributed by atoms with van der Waals surface area (Å²) >= 11 is 0. The Bertz CT molecular complexity index is 857. The summed E-state index contributed by atoms with van der Waals surface area (Å²) < 4.78 is 10.8. The van der Waals surface area contributed by atoms with Crippen LogP contribution in [0.3, 0.4) is 0 Å². The molecule has 0 aliphatic rings. The van der Waals surface area contributed by atoms with E-state index in [1.54, 1.807) is 18.2 Å². The molecule has 2 aromatic rings. The number of carboxylic acids is 1. The molecule has 1 heterocycles. The topological polar surface area (TPSA) is 106 Å². The predicted molar refractivity (Wildman–Crippen MR) is 96.4 cm³/mol. The third-order valence-corrected chi connectivity index (χ3v) is 4.06. The molecule has 1 aromatic heterocycles. The monoisotopic (exact) mass is 361 g/mol. The van der Waals surface area contributed by atoms with Crippen molar-refractivity contribution in [2.24, 2.45) is 0 Å². The van der Waals surface area contributed by atoms with E-state index in [1.807, 2.05) is 13.8 Å². The number of benzene rings is 1. The number of fused-ring (bicyclic) bond motifs is 1. The molecule has 1 amide bonds. The van der Waals surface area contributed by atoms with Gasteiger partial charge in [0.05, 0.1) is 0 Å². The average molecular weight is 361 g/mol. The zero-order valence-corrected chi connectivity index (χ0v) is 15.1. The van der Waals surface area contributed by atoms with E-state index in [2.05, 4.69) is 5.32 Å². The van der Waals surface area contributed by atoms with Crippen molar-refractivity contribution >= 4 is 22.8 Å². The smallest absolute Gasteiger partial charge is 0.336 e. The minimum absolute atomic E-state index is 0.342. The van der Waals surface area contributed by atoms with Crippen molar-refractivity contribution in [2.45, 2.75) is 52.2 Å². The molecular formula is C19H23NO6. The summed E-state index contributed by atoms with van der Waals surface area (Å²) in [6.45, 7) is 5.32. The Hall–Kier alpha value is -2.83. The van der Waals surface area contributed by atoms with Crippen LogP contribution in [0.4, 0.5) is 0 Å². The van der Waals surface area contributed by atoms with Gasteiger partial charge in [-0.05, 0) is 37.5 Å². The minimum Gasteiger partial charge on any atom is -0.481 e. The van der Waals surface area contributed by atoms with Gasteiger partial charge >= 0.3 is 11.6 Å². The van der Waals surface area contributed by atoms with E-state index >= 15 is 0 Å².